The lowest BCUT2D eigenvalue weighted by molar-refractivity contribution is -0.120. The summed E-state index contributed by atoms with van der Waals surface area (Å²) in [6.07, 6.45) is 1.26. The molecule has 1 aliphatic heterocycles. The van der Waals surface area contributed by atoms with Gasteiger partial charge in [0.25, 0.3) is 0 Å². The average Bonchev–Trinajstić information content (AvgIpc) is 2.65. The van der Waals surface area contributed by atoms with Gasteiger partial charge in [0.05, 0.1) is 20.9 Å². The maximum Gasteiger partial charge on any atom is 0.243 e. The summed E-state index contributed by atoms with van der Waals surface area (Å²) in [5.74, 6) is -0.645. The van der Waals surface area contributed by atoms with Crippen LogP contribution >= 0.6 is 23.2 Å². The zero-order chi connectivity index (χ0) is 18.7. The molecular weight excluding hydrogens is 395 g/mol. The molecule has 2 aromatic rings. The molecule has 2 aromatic carbocycles. The number of carbonyl (C=O) groups is 1. The first kappa shape index (κ1) is 19.2. The first-order chi connectivity index (χ1) is 12.4. The number of nitrogens with zero attached hydrogens (tertiary/aromatic N) is 1. The molecule has 0 bridgehead atoms. The highest BCUT2D eigenvalue weighted by Crippen LogP contribution is 2.27. The lowest BCUT2D eigenvalue weighted by Gasteiger charge is -2.31. The second-order valence-electron chi connectivity index (χ2n) is 6.13. The van der Waals surface area contributed by atoms with E-state index in [1.54, 1.807) is 48.5 Å². The molecule has 0 radical (unpaired) electrons. The molecule has 0 aliphatic carbocycles. The van der Waals surface area contributed by atoms with Crippen LogP contribution in [0.1, 0.15) is 12.8 Å². The molecule has 1 aliphatic rings. The van der Waals surface area contributed by atoms with Gasteiger partial charge in [-0.25, -0.2) is 8.42 Å². The second-order valence-corrected chi connectivity index (χ2v) is 8.89. The summed E-state index contributed by atoms with van der Waals surface area (Å²) in [5, 5.41) is 3.54. The highest BCUT2D eigenvalue weighted by molar-refractivity contribution is 7.89. The summed E-state index contributed by atoms with van der Waals surface area (Å²) < 4.78 is 26.9. The first-order valence-electron chi connectivity index (χ1n) is 8.19. The number of halogens is 2. The van der Waals surface area contributed by atoms with E-state index in [2.05, 4.69) is 5.32 Å². The van der Waals surface area contributed by atoms with Crippen molar-refractivity contribution < 1.29 is 13.2 Å². The van der Waals surface area contributed by atoms with Crippen LogP contribution in [-0.4, -0.2) is 31.7 Å². The fourth-order valence-corrected chi connectivity index (χ4v) is 4.78. The van der Waals surface area contributed by atoms with E-state index < -0.39 is 15.9 Å². The molecular formula is C18H18Cl2N2O3S. The summed E-state index contributed by atoms with van der Waals surface area (Å²) in [7, 11) is -3.60. The van der Waals surface area contributed by atoms with Crippen LogP contribution in [0.3, 0.4) is 0 Å². The van der Waals surface area contributed by atoms with Gasteiger partial charge >= 0.3 is 0 Å². The molecule has 1 amide bonds. The highest BCUT2D eigenvalue weighted by atomic mass is 35.5. The summed E-state index contributed by atoms with van der Waals surface area (Å²) in [6, 6.07) is 13.1. The summed E-state index contributed by atoms with van der Waals surface area (Å²) in [5.41, 5.74) is 0.535. The van der Waals surface area contributed by atoms with Crippen LogP contribution in [0.25, 0.3) is 0 Å². The summed E-state index contributed by atoms with van der Waals surface area (Å²) in [6.45, 7) is 0.568. The van der Waals surface area contributed by atoms with Crippen molar-refractivity contribution in [1.29, 1.82) is 0 Å². The molecule has 1 heterocycles. The number of piperidine rings is 1. The van der Waals surface area contributed by atoms with Crippen LogP contribution in [-0.2, 0) is 14.8 Å². The Morgan fingerprint density at radius 1 is 1.08 bits per heavy atom. The van der Waals surface area contributed by atoms with Crippen molar-refractivity contribution in [3.8, 4) is 0 Å². The maximum absolute atomic E-state index is 12.8. The van der Waals surface area contributed by atoms with E-state index in [9.17, 15) is 13.2 Å². The zero-order valence-corrected chi connectivity index (χ0v) is 16.2. The van der Waals surface area contributed by atoms with Crippen molar-refractivity contribution in [3.63, 3.8) is 0 Å². The Morgan fingerprint density at radius 3 is 2.50 bits per heavy atom. The van der Waals surface area contributed by atoms with Crippen molar-refractivity contribution in [2.45, 2.75) is 17.7 Å². The van der Waals surface area contributed by atoms with Crippen LogP contribution in [0.15, 0.2) is 53.4 Å². The monoisotopic (exact) mass is 412 g/mol. The van der Waals surface area contributed by atoms with Crippen molar-refractivity contribution >= 4 is 44.8 Å². The van der Waals surface area contributed by atoms with Gasteiger partial charge in [0.1, 0.15) is 0 Å². The molecule has 26 heavy (non-hydrogen) atoms. The van der Waals surface area contributed by atoms with Crippen LogP contribution < -0.4 is 5.32 Å². The number of rotatable bonds is 4. The van der Waals surface area contributed by atoms with Gasteiger partial charge in [-0.1, -0.05) is 41.4 Å². The third kappa shape index (κ3) is 4.20. The predicted octanol–water partition coefficient (Wildman–Crippen LogP) is 4.03. The van der Waals surface area contributed by atoms with E-state index in [1.165, 1.54) is 4.31 Å². The molecule has 1 atom stereocenters. The third-order valence-electron chi connectivity index (χ3n) is 4.32. The van der Waals surface area contributed by atoms with Crippen LogP contribution in [0.4, 0.5) is 5.69 Å². The number of benzene rings is 2. The molecule has 1 fully saturated rings. The number of amides is 1. The van der Waals surface area contributed by atoms with Gasteiger partial charge in [-0.15, -0.1) is 0 Å². The molecule has 1 saturated heterocycles. The van der Waals surface area contributed by atoms with Gasteiger partial charge in [0.2, 0.25) is 15.9 Å². The van der Waals surface area contributed by atoms with Gasteiger partial charge in [0, 0.05) is 18.8 Å². The standard InChI is InChI=1S/C18H18Cl2N2O3S/c19-16-9-8-14(11-17(16)20)21-18(23)13-5-4-10-22(12-13)26(24,25)15-6-2-1-3-7-15/h1-3,6-9,11,13H,4-5,10,12H2,(H,21,23)/t13-/m1/s1. The minimum Gasteiger partial charge on any atom is -0.326 e. The number of hydrogen-bond donors (Lipinski definition) is 1. The van der Waals surface area contributed by atoms with E-state index in [4.69, 9.17) is 23.2 Å². The zero-order valence-electron chi connectivity index (χ0n) is 13.9. The van der Waals surface area contributed by atoms with E-state index in [-0.39, 0.29) is 17.3 Å². The second kappa shape index (κ2) is 7.96. The fraction of sp³-hybridized carbons (Fsp3) is 0.278. The molecule has 0 unspecified atom stereocenters. The third-order valence-corrected chi connectivity index (χ3v) is 6.94. The van der Waals surface area contributed by atoms with Crippen molar-refractivity contribution in [1.82, 2.24) is 4.31 Å². The normalized spacial score (nSPS) is 18.5. The SMILES string of the molecule is O=C(Nc1ccc(Cl)c(Cl)c1)[C@@H]1CCCN(S(=O)(=O)c2ccccc2)C1. The quantitative estimate of drug-likeness (QED) is 0.823. The molecule has 8 heteroatoms. The number of sulfonamides is 1. The number of anilines is 1. The van der Waals surface area contributed by atoms with E-state index in [0.29, 0.717) is 35.1 Å². The molecule has 5 nitrogen and oxygen atoms in total. The lowest BCUT2D eigenvalue weighted by Crippen LogP contribution is -2.43. The topological polar surface area (TPSA) is 66.5 Å². The molecule has 1 N–H and O–H groups in total. The summed E-state index contributed by atoms with van der Waals surface area (Å²) >= 11 is 11.8. The van der Waals surface area contributed by atoms with Gasteiger partial charge in [-0.3, -0.25) is 4.79 Å². The molecule has 0 saturated carbocycles. The predicted molar refractivity (Wildman–Crippen MR) is 103 cm³/mol. The Balaban J connectivity index is 1.71. The number of hydrogen-bond acceptors (Lipinski definition) is 3. The largest absolute Gasteiger partial charge is 0.326 e. The Morgan fingerprint density at radius 2 is 1.81 bits per heavy atom. The Hall–Kier alpha value is -1.60. The Kier molecular flexibility index (Phi) is 5.87. The van der Waals surface area contributed by atoms with Gasteiger partial charge in [0.15, 0.2) is 0 Å². The Bertz CT molecular complexity index is 904. The Labute approximate surface area is 163 Å². The average molecular weight is 413 g/mol. The molecule has 0 aromatic heterocycles. The first-order valence-corrected chi connectivity index (χ1v) is 10.4. The smallest absolute Gasteiger partial charge is 0.243 e. The molecule has 138 valence electrons. The van der Waals surface area contributed by atoms with Gasteiger partial charge in [-0.2, -0.15) is 4.31 Å². The van der Waals surface area contributed by atoms with Crippen molar-refractivity contribution in [2.75, 3.05) is 18.4 Å². The van der Waals surface area contributed by atoms with Gasteiger partial charge < -0.3 is 5.32 Å². The van der Waals surface area contributed by atoms with Crippen LogP contribution in [0, 0.1) is 5.92 Å². The minimum atomic E-state index is -3.60. The van der Waals surface area contributed by atoms with Crippen LogP contribution in [0.5, 0.6) is 0 Å². The molecule has 0 spiro atoms. The van der Waals surface area contributed by atoms with Crippen molar-refractivity contribution in [2.24, 2.45) is 5.92 Å². The van der Waals surface area contributed by atoms with Crippen molar-refractivity contribution in [3.05, 3.63) is 58.6 Å². The minimum absolute atomic E-state index is 0.157. The van der Waals surface area contributed by atoms with E-state index >= 15 is 0 Å². The number of carbonyl (C=O) groups excluding carboxylic acids is 1. The summed E-state index contributed by atoms with van der Waals surface area (Å²) in [4.78, 5) is 12.8. The van der Waals surface area contributed by atoms with Crippen LogP contribution in [0.2, 0.25) is 10.0 Å². The lowest BCUT2D eigenvalue weighted by atomic mass is 9.99. The van der Waals surface area contributed by atoms with E-state index in [0.717, 1.165) is 0 Å². The maximum atomic E-state index is 12.8. The highest BCUT2D eigenvalue weighted by Gasteiger charge is 2.33. The number of nitrogens with one attached hydrogen (secondary N) is 1. The van der Waals surface area contributed by atoms with E-state index in [1.807, 2.05) is 0 Å². The molecule has 3 rings (SSSR count). The fourth-order valence-electron chi connectivity index (χ4n) is 2.93. The van der Waals surface area contributed by atoms with Gasteiger partial charge in [-0.05, 0) is 43.2 Å².